The molecule has 3 nitrogen and oxygen atoms in total. The van der Waals surface area contributed by atoms with Gasteiger partial charge in [0.05, 0.1) is 17.1 Å². The van der Waals surface area contributed by atoms with Gasteiger partial charge >= 0.3 is 0 Å². The molecule has 0 aliphatic heterocycles. The molecule has 0 atom stereocenters. The van der Waals surface area contributed by atoms with Crippen molar-refractivity contribution in [1.29, 1.82) is 0 Å². The van der Waals surface area contributed by atoms with Crippen molar-refractivity contribution in [3.63, 3.8) is 0 Å². The first-order valence-corrected chi connectivity index (χ1v) is 7.03. The molecule has 0 radical (unpaired) electrons. The Labute approximate surface area is 126 Å². The van der Waals surface area contributed by atoms with E-state index in [1.165, 1.54) is 0 Å². The molecule has 108 valence electrons. The maximum Gasteiger partial charge on any atom is 0.0870 e. The van der Waals surface area contributed by atoms with Crippen LogP contribution in [0.15, 0.2) is 66.2 Å². The van der Waals surface area contributed by atoms with Gasteiger partial charge < -0.3 is 10.6 Å². The summed E-state index contributed by atoms with van der Waals surface area (Å²) in [5, 5.41) is 0. The Balaban J connectivity index is 2.48. The van der Waals surface area contributed by atoms with Gasteiger partial charge in [0.2, 0.25) is 0 Å². The van der Waals surface area contributed by atoms with E-state index in [0.29, 0.717) is 0 Å². The Bertz CT molecular complexity index is 659. The molecule has 0 unspecified atom stereocenters. The molecule has 2 rings (SSSR count). The topological polar surface area (TPSA) is 41.6 Å². The third kappa shape index (κ3) is 3.51. The number of aliphatic imine (C=N–C) groups is 1. The largest absolute Gasteiger partial charge is 0.399 e. The van der Waals surface area contributed by atoms with Crippen LogP contribution in [-0.2, 0) is 0 Å². The Morgan fingerprint density at radius 1 is 1.24 bits per heavy atom. The SMILES string of the molecule is C=CC(=Nc1ccccc1N(C)CC)c1cccc(N)c1. The van der Waals surface area contributed by atoms with Gasteiger partial charge in [0, 0.05) is 24.8 Å². The van der Waals surface area contributed by atoms with Crippen molar-refractivity contribution in [3.05, 3.63) is 66.7 Å². The van der Waals surface area contributed by atoms with Gasteiger partial charge in [-0.25, -0.2) is 4.99 Å². The van der Waals surface area contributed by atoms with E-state index in [1.54, 1.807) is 6.08 Å². The second-order valence-electron chi connectivity index (χ2n) is 4.83. The highest BCUT2D eigenvalue weighted by Gasteiger charge is 2.06. The number of nitrogens with two attached hydrogens (primary N) is 1. The third-order valence-electron chi connectivity index (χ3n) is 3.38. The fraction of sp³-hybridized carbons (Fsp3) is 0.167. The highest BCUT2D eigenvalue weighted by molar-refractivity contribution is 6.10. The average molecular weight is 279 g/mol. The predicted octanol–water partition coefficient (Wildman–Crippen LogP) is 4.03. The minimum absolute atomic E-state index is 0.723. The fourth-order valence-corrected chi connectivity index (χ4v) is 2.11. The van der Waals surface area contributed by atoms with Crippen molar-refractivity contribution in [2.45, 2.75) is 6.92 Å². The smallest absolute Gasteiger partial charge is 0.0870 e. The Morgan fingerprint density at radius 3 is 2.67 bits per heavy atom. The summed E-state index contributed by atoms with van der Waals surface area (Å²) in [6.45, 7) is 6.92. The molecule has 0 heterocycles. The third-order valence-corrected chi connectivity index (χ3v) is 3.38. The maximum atomic E-state index is 5.85. The minimum atomic E-state index is 0.723. The van der Waals surface area contributed by atoms with Crippen molar-refractivity contribution >= 4 is 22.8 Å². The van der Waals surface area contributed by atoms with Crippen LogP contribution in [0.4, 0.5) is 17.1 Å². The average Bonchev–Trinajstić information content (AvgIpc) is 2.52. The van der Waals surface area contributed by atoms with E-state index in [9.17, 15) is 0 Å². The first-order chi connectivity index (χ1) is 10.2. The van der Waals surface area contributed by atoms with E-state index in [0.717, 1.165) is 34.9 Å². The van der Waals surface area contributed by atoms with E-state index < -0.39 is 0 Å². The predicted molar refractivity (Wildman–Crippen MR) is 92.6 cm³/mol. The second-order valence-corrected chi connectivity index (χ2v) is 4.83. The van der Waals surface area contributed by atoms with Crippen LogP contribution in [0.2, 0.25) is 0 Å². The van der Waals surface area contributed by atoms with Crippen LogP contribution >= 0.6 is 0 Å². The normalized spacial score (nSPS) is 11.2. The summed E-state index contributed by atoms with van der Waals surface area (Å²) in [6.07, 6.45) is 1.76. The lowest BCUT2D eigenvalue weighted by Gasteiger charge is -2.19. The lowest BCUT2D eigenvalue weighted by atomic mass is 10.1. The first kappa shape index (κ1) is 14.9. The Hall–Kier alpha value is -2.55. The fourth-order valence-electron chi connectivity index (χ4n) is 2.11. The molecule has 0 aliphatic rings. The summed E-state index contributed by atoms with van der Waals surface area (Å²) in [5.74, 6) is 0. The molecule has 0 aromatic heterocycles. The Kier molecular flexibility index (Phi) is 4.77. The number of nitrogen functional groups attached to an aromatic ring is 1. The summed E-state index contributed by atoms with van der Waals surface area (Å²) in [4.78, 5) is 6.92. The molecular formula is C18H21N3. The second kappa shape index (κ2) is 6.75. The highest BCUT2D eigenvalue weighted by Crippen LogP contribution is 2.28. The monoisotopic (exact) mass is 279 g/mol. The summed E-state index contributed by atoms with van der Waals surface area (Å²) < 4.78 is 0. The van der Waals surface area contributed by atoms with Crippen LogP contribution in [-0.4, -0.2) is 19.3 Å². The molecule has 0 aliphatic carbocycles. The number of allylic oxidation sites excluding steroid dienone is 1. The van der Waals surface area contributed by atoms with E-state index in [-0.39, 0.29) is 0 Å². The molecule has 0 spiro atoms. The maximum absolute atomic E-state index is 5.85. The summed E-state index contributed by atoms with van der Waals surface area (Å²) in [6, 6.07) is 15.8. The van der Waals surface area contributed by atoms with E-state index >= 15 is 0 Å². The van der Waals surface area contributed by atoms with E-state index in [2.05, 4.69) is 31.5 Å². The molecule has 0 saturated carbocycles. The van der Waals surface area contributed by atoms with Gasteiger partial charge in [-0.1, -0.05) is 30.8 Å². The molecule has 2 aromatic carbocycles. The summed E-state index contributed by atoms with van der Waals surface area (Å²) in [7, 11) is 2.06. The highest BCUT2D eigenvalue weighted by atomic mass is 15.1. The van der Waals surface area contributed by atoms with Crippen LogP contribution in [0.5, 0.6) is 0 Å². The lowest BCUT2D eigenvalue weighted by molar-refractivity contribution is 0.968. The number of para-hydroxylation sites is 2. The van der Waals surface area contributed by atoms with Gasteiger partial charge in [0.15, 0.2) is 0 Å². The van der Waals surface area contributed by atoms with Crippen LogP contribution in [0, 0.1) is 0 Å². The van der Waals surface area contributed by atoms with Gasteiger partial charge in [-0.15, -0.1) is 0 Å². The quantitative estimate of drug-likeness (QED) is 0.663. The standard InChI is InChI=1S/C18H21N3/c1-4-16(14-9-8-10-15(19)13-14)20-17-11-6-7-12-18(17)21(3)5-2/h4,6-13H,1,5,19H2,2-3H3. The van der Waals surface area contributed by atoms with Gasteiger partial charge in [0.1, 0.15) is 0 Å². The molecule has 0 amide bonds. The number of hydrogen-bond donors (Lipinski definition) is 1. The molecule has 0 saturated heterocycles. The van der Waals surface area contributed by atoms with Crippen molar-refractivity contribution in [2.24, 2.45) is 4.99 Å². The number of anilines is 2. The number of benzene rings is 2. The minimum Gasteiger partial charge on any atom is -0.399 e. The summed E-state index contributed by atoms with van der Waals surface area (Å²) >= 11 is 0. The molecule has 2 N–H and O–H groups in total. The van der Waals surface area contributed by atoms with Gasteiger partial charge in [0.25, 0.3) is 0 Å². The first-order valence-electron chi connectivity index (χ1n) is 7.03. The van der Waals surface area contributed by atoms with Crippen molar-refractivity contribution in [2.75, 3.05) is 24.2 Å². The van der Waals surface area contributed by atoms with Gasteiger partial charge in [-0.3, -0.25) is 0 Å². The van der Waals surface area contributed by atoms with Crippen LogP contribution in [0.25, 0.3) is 0 Å². The van der Waals surface area contributed by atoms with Gasteiger partial charge in [-0.05, 0) is 37.3 Å². The van der Waals surface area contributed by atoms with Gasteiger partial charge in [-0.2, -0.15) is 0 Å². The molecule has 3 heteroatoms. The molecule has 0 bridgehead atoms. The zero-order valence-electron chi connectivity index (χ0n) is 12.6. The van der Waals surface area contributed by atoms with Crippen LogP contribution < -0.4 is 10.6 Å². The number of nitrogens with zero attached hydrogens (tertiary/aromatic N) is 2. The zero-order valence-corrected chi connectivity index (χ0v) is 12.6. The molecular weight excluding hydrogens is 258 g/mol. The van der Waals surface area contributed by atoms with Crippen molar-refractivity contribution in [1.82, 2.24) is 0 Å². The Morgan fingerprint density at radius 2 is 2.00 bits per heavy atom. The zero-order chi connectivity index (χ0) is 15.2. The molecule has 21 heavy (non-hydrogen) atoms. The molecule has 0 fully saturated rings. The van der Waals surface area contributed by atoms with E-state index in [1.807, 2.05) is 42.5 Å². The van der Waals surface area contributed by atoms with E-state index in [4.69, 9.17) is 10.7 Å². The number of hydrogen-bond acceptors (Lipinski definition) is 3. The molecule has 2 aromatic rings. The number of rotatable bonds is 5. The van der Waals surface area contributed by atoms with Crippen molar-refractivity contribution in [3.8, 4) is 0 Å². The van der Waals surface area contributed by atoms with Crippen molar-refractivity contribution < 1.29 is 0 Å². The lowest BCUT2D eigenvalue weighted by Crippen LogP contribution is -2.15. The van der Waals surface area contributed by atoms with Crippen LogP contribution in [0.3, 0.4) is 0 Å². The van der Waals surface area contributed by atoms with Crippen LogP contribution in [0.1, 0.15) is 12.5 Å². The summed E-state index contributed by atoms with van der Waals surface area (Å²) in [5.41, 5.74) is 10.4.